The number of aromatic nitrogens is 3. The normalized spacial score (nSPS) is 13.6. The quantitative estimate of drug-likeness (QED) is 0.354. The molecule has 1 aliphatic rings. The Morgan fingerprint density at radius 2 is 1.82 bits per heavy atom. The molecule has 5 nitrogen and oxygen atoms in total. The first-order valence-corrected chi connectivity index (χ1v) is 11.0. The summed E-state index contributed by atoms with van der Waals surface area (Å²) in [6.07, 6.45) is 3.68. The molecule has 0 bridgehead atoms. The van der Waals surface area contributed by atoms with Gasteiger partial charge in [0.1, 0.15) is 6.07 Å². The fourth-order valence-electron chi connectivity index (χ4n) is 4.47. The van der Waals surface area contributed by atoms with Crippen molar-refractivity contribution < 1.29 is 4.39 Å². The molecule has 5 rings (SSSR count). The van der Waals surface area contributed by atoms with E-state index in [4.69, 9.17) is 11.6 Å². The summed E-state index contributed by atoms with van der Waals surface area (Å²) < 4.78 is 14.9. The number of halogens is 3. The summed E-state index contributed by atoms with van der Waals surface area (Å²) in [6.45, 7) is 4.01. The van der Waals surface area contributed by atoms with Gasteiger partial charge < -0.3 is 4.90 Å². The summed E-state index contributed by atoms with van der Waals surface area (Å²) in [7, 11) is 0. The van der Waals surface area contributed by atoms with E-state index in [-0.39, 0.29) is 28.7 Å². The zero-order chi connectivity index (χ0) is 22.2. The lowest BCUT2D eigenvalue weighted by Gasteiger charge is -2.29. The van der Waals surface area contributed by atoms with Crippen LogP contribution in [0.15, 0.2) is 42.5 Å². The lowest BCUT2D eigenvalue weighted by molar-refractivity contribution is 0.578. The Hall–Kier alpha value is -3.14. The topological polar surface area (TPSA) is 68.6 Å². The van der Waals surface area contributed by atoms with Crippen LogP contribution in [0, 0.1) is 24.1 Å². The number of H-pyrrole nitrogens is 1. The highest BCUT2D eigenvalue weighted by Crippen LogP contribution is 2.39. The predicted molar refractivity (Wildman–Crippen MR) is 132 cm³/mol. The number of nitrogens with zero attached hydrogens (tertiary/aromatic N) is 4. The molecule has 2 aromatic heterocycles. The van der Waals surface area contributed by atoms with Crippen LogP contribution in [0.3, 0.4) is 0 Å². The van der Waals surface area contributed by atoms with Gasteiger partial charge in [0.2, 0.25) is 0 Å². The van der Waals surface area contributed by atoms with Crippen molar-refractivity contribution in [2.45, 2.75) is 26.2 Å². The van der Waals surface area contributed by atoms with Gasteiger partial charge in [-0.3, -0.25) is 5.10 Å². The Morgan fingerprint density at radius 1 is 1.09 bits per heavy atom. The van der Waals surface area contributed by atoms with E-state index in [2.05, 4.69) is 38.3 Å². The molecule has 168 valence electrons. The van der Waals surface area contributed by atoms with Crippen LogP contribution in [0.2, 0.25) is 5.02 Å². The second-order valence-electron chi connectivity index (χ2n) is 8.07. The molecular formula is C25H22Cl2FN5. The van der Waals surface area contributed by atoms with Crippen LogP contribution in [0.1, 0.15) is 30.5 Å². The molecule has 1 N–H and O–H groups in total. The van der Waals surface area contributed by atoms with Gasteiger partial charge in [-0.2, -0.15) is 10.4 Å². The molecule has 0 aliphatic carbocycles. The van der Waals surface area contributed by atoms with Gasteiger partial charge in [0.15, 0.2) is 11.5 Å². The van der Waals surface area contributed by atoms with Gasteiger partial charge in [0.25, 0.3) is 0 Å². The smallest absolute Gasteiger partial charge is 0.182 e. The molecule has 1 aliphatic heterocycles. The minimum Gasteiger partial charge on any atom is -0.372 e. The van der Waals surface area contributed by atoms with Crippen LogP contribution in [0.5, 0.6) is 0 Å². The zero-order valence-electron chi connectivity index (χ0n) is 18.0. The molecule has 2 aromatic carbocycles. The van der Waals surface area contributed by atoms with E-state index in [0.717, 1.165) is 29.7 Å². The second-order valence-corrected chi connectivity index (χ2v) is 8.47. The lowest BCUT2D eigenvalue weighted by Crippen LogP contribution is -2.29. The fourth-order valence-corrected chi connectivity index (χ4v) is 4.65. The highest BCUT2D eigenvalue weighted by molar-refractivity contribution is 6.31. The van der Waals surface area contributed by atoms with Crippen LogP contribution < -0.4 is 4.90 Å². The van der Waals surface area contributed by atoms with E-state index in [0.29, 0.717) is 16.8 Å². The number of piperidine rings is 1. The number of benzene rings is 2. The Labute approximate surface area is 202 Å². The molecule has 0 unspecified atom stereocenters. The van der Waals surface area contributed by atoms with E-state index in [1.807, 2.05) is 19.1 Å². The number of fused-ring (bicyclic) bond motifs is 1. The van der Waals surface area contributed by atoms with Crippen molar-refractivity contribution in [1.29, 1.82) is 5.26 Å². The van der Waals surface area contributed by atoms with Crippen molar-refractivity contribution in [2.75, 3.05) is 18.0 Å². The maximum Gasteiger partial charge on any atom is 0.182 e. The fraction of sp³-hybridized carbons (Fsp3) is 0.240. The molecule has 0 atom stereocenters. The summed E-state index contributed by atoms with van der Waals surface area (Å²) in [5, 5.41) is 18.1. The van der Waals surface area contributed by atoms with Gasteiger partial charge in [-0.15, -0.1) is 12.4 Å². The van der Waals surface area contributed by atoms with E-state index in [9.17, 15) is 9.65 Å². The van der Waals surface area contributed by atoms with Crippen LogP contribution >= 0.6 is 24.0 Å². The Kier molecular flexibility index (Phi) is 6.55. The minimum atomic E-state index is -0.601. The first-order valence-electron chi connectivity index (χ1n) is 10.7. The number of aryl methyl sites for hydroxylation is 1. The monoisotopic (exact) mass is 481 g/mol. The Bertz CT molecular complexity index is 1350. The van der Waals surface area contributed by atoms with Crippen LogP contribution in [-0.4, -0.2) is 28.3 Å². The van der Waals surface area contributed by atoms with Gasteiger partial charge in [0.05, 0.1) is 21.7 Å². The molecule has 8 heteroatoms. The molecule has 1 fully saturated rings. The lowest BCUT2D eigenvalue weighted by atomic mass is 9.93. The number of nitriles is 1. The molecule has 4 aromatic rings. The van der Waals surface area contributed by atoms with Gasteiger partial charge in [0, 0.05) is 35.6 Å². The van der Waals surface area contributed by atoms with E-state index in [1.165, 1.54) is 31.0 Å². The average molecular weight is 482 g/mol. The molecule has 0 spiro atoms. The number of nitrogens with one attached hydrogen (secondary N) is 1. The number of hydrogen-bond acceptors (Lipinski definition) is 4. The molecular weight excluding hydrogens is 460 g/mol. The molecule has 33 heavy (non-hydrogen) atoms. The molecule has 1 saturated heterocycles. The molecule has 0 amide bonds. The zero-order valence-corrected chi connectivity index (χ0v) is 19.6. The van der Waals surface area contributed by atoms with Crippen molar-refractivity contribution in [1.82, 2.24) is 15.2 Å². The summed E-state index contributed by atoms with van der Waals surface area (Å²) in [6, 6.07) is 15.2. The number of anilines is 1. The Balaban J connectivity index is 0.00000259. The van der Waals surface area contributed by atoms with Crippen LogP contribution in [0.4, 0.5) is 10.1 Å². The second kappa shape index (κ2) is 9.38. The largest absolute Gasteiger partial charge is 0.372 e. The Morgan fingerprint density at radius 3 is 2.52 bits per heavy atom. The van der Waals surface area contributed by atoms with Crippen molar-refractivity contribution in [3.8, 4) is 28.5 Å². The third-order valence-electron chi connectivity index (χ3n) is 6.08. The van der Waals surface area contributed by atoms with E-state index in [1.54, 1.807) is 12.1 Å². The van der Waals surface area contributed by atoms with Crippen molar-refractivity contribution in [3.05, 3.63) is 64.6 Å². The van der Waals surface area contributed by atoms with Crippen molar-refractivity contribution >= 4 is 40.7 Å². The van der Waals surface area contributed by atoms with E-state index >= 15 is 0 Å². The third kappa shape index (κ3) is 4.03. The average Bonchev–Trinajstić information content (AvgIpc) is 3.20. The standard InChI is InChI=1S/C25H21ClFN5.ClH/c1-15-21-22(16-8-10-17(11-9-16)32-12-3-2-4-13-32)19(14-28)24(29-25(21)31-30-15)18-6-5-7-20(26)23(18)27;/h5-11H,2-4,12-13H2,1H3,(H,29,30,31);1H. The van der Waals surface area contributed by atoms with Crippen molar-refractivity contribution in [3.63, 3.8) is 0 Å². The predicted octanol–water partition coefficient (Wildman–Crippen LogP) is 6.68. The number of pyridine rings is 1. The SMILES string of the molecule is Cc1[nH]nc2nc(-c3cccc(Cl)c3F)c(C#N)c(-c3ccc(N4CCCCC4)cc3)c12.Cl. The number of rotatable bonds is 3. The third-order valence-corrected chi connectivity index (χ3v) is 6.37. The molecule has 0 saturated carbocycles. The maximum atomic E-state index is 14.9. The molecule has 3 heterocycles. The summed E-state index contributed by atoms with van der Waals surface area (Å²) in [5.74, 6) is -0.601. The highest BCUT2D eigenvalue weighted by atomic mass is 35.5. The highest BCUT2D eigenvalue weighted by Gasteiger charge is 2.23. The van der Waals surface area contributed by atoms with Gasteiger partial charge >= 0.3 is 0 Å². The van der Waals surface area contributed by atoms with Crippen LogP contribution in [0.25, 0.3) is 33.4 Å². The van der Waals surface area contributed by atoms with Gasteiger partial charge in [-0.1, -0.05) is 29.8 Å². The van der Waals surface area contributed by atoms with Crippen molar-refractivity contribution in [2.24, 2.45) is 0 Å². The number of aromatic amines is 1. The summed E-state index contributed by atoms with van der Waals surface area (Å²) in [4.78, 5) is 6.93. The molecule has 0 radical (unpaired) electrons. The van der Waals surface area contributed by atoms with E-state index < -0.39 is 5.82 Å². The summed E-state index contributed by atoms with van der Waals surface area (Å²) >= 11 is 6.02. The van der Waals surface area contributed by atoms with Crippen LogP contribution in [-0.2, 0) is 0 Å². The minimum absolute atomic E-state index is 0. The van der Waals surface area contributed by atoms with Gasteiger partial charge in [-0.25, -0.2) is 9.37 Å². The maximum absolute atomic E-state index is 14.9. The number of hydrogen-bond donors (Lipinski definition) is 1. The first-order chi connectivity index (χ1) is 15.6. The van der Waals surface area contributed by atoms with Gasteiger partial charge in [-0.05, 0) is 56.0 Å². The summed E-state index contributed by atoms with van der Waals surface area (Å²) in [5.41, 5.74) is 4.69. The first kappa shape index (κ1) is 23.0.